The Balaban J connectivity index is 1.51. The second-order valence-electron chi connectivity index (χ2n) is 7.62. The molecule has 0 aliphatic heterocycles. The Morgan fingerprint density at radius 1 is 1.29 bits per heavy atom. The van der Waals surface area contributed by atoms with E-state index in [4.69, 9.17) is 19.6 Å². The first-order valence-corrected chi connectivity index (χ1v) is 10.6. The van der Waals surface area contributed by atoms with Crippen molar-refractivity contribution in [2.75, 3.05) is 26.1 Å². The molecule has 1 amide bonds. The number of amides is 1. The summed E-state index contributed by atoms with van der Waals surface area (Å²) >= 11 is 0. The second-order valence-corrected chi connectivity index (χ2v) is 7.62. The fraction of sp³-hybridized carbons (Fsp3) is 0.364. The van der Waals surface area contributed by atoms with E-state index in [1.807, 2.05) is 0 Å². The molecule has 180 valence electrons. The lowest BCUT2D eigenvalue weighted by Crippen LogP contribution is -2.24. The number of hydrogen-bond donors (Lipinski definition) is 4. The molecular formula is C22H26N6O6. The summed E-state index contributed by atoms with van der Waals surface area (Å²) in [5.41, 5.74) is 1.40. The minimum absolute atomic E-state index is 0.0723. The molecule has 12 nitrogen and oxygen atoms in total. The van der Waals surface area contributed by atoms with Gasteiger partial charge in [-0.25, -0.2) is 4.79 Å². The Morgan fingerprint density at radius 3 is 2.74 bits per heavy atom. The van der Waals surface area contributed by atoms with Gasteiger partial charge in [0.15, 0.2) is 5.82 Å². The van der Waals surface area contributed by atoms with E-state index in [2.05, 4.69) is 26.0 Å². The number of methoxy groups -OCH3 is 1. The number of anilines is 1. The van der Waals surface area contributed by atoms with Crippen LogP contribution in [0.2, 0.25) is 0 Å². The summed E-state index contributed by atoms with van der Waals surface area (Å²) in [6.45, 7) is 0.0907. The number of nitrogens with zero attached hydrogens (tertiary/aromatic N) is 2. The van der Waals surface area contributed by atoms with Gasteiger partial charge in [0.1, 0.15) is 23.2 Å². The Bertz CT molecular complexity index is 1060. The normalized spacial score (nSPS) is 17.6. The lowest BCUT2D eigenvalue weighted by atomic mass is 10.0. The number of nitroso groups, excluding NO2 is 1. The summed E-state index contributed by atoms with van der Waals surface area (Å²) in [5, 5.41) is 23.0. The minimum atomic E-state index is -0.819. The SMILES string of the molecule is CN/C(=C\C(=N)COC)C(=O)Nc1cc([C@H]2CC[C@@H](OC(=O)Oc3ccc(N=O)cc3)C2)[nH]n1. The third kappa shape index (κ3) is 6.72. The van der Waals surface area contributed by atoms with Crippen LogP contribution in [0.3, 0.4) is 0 Å². The van der Waals surface area contributed by atoms with Crippen molar-refractivity contribution in [1.29, 1.82) is 5.41 Å². The van der Waals surface area contributed by atoms with Crippen LogP contribution in [0.1, 0.15) is 30.9 Å². The quantitative estimate of drug-likeness (QED) is 0.135. The molecule has 1 aromatic carbocycles. The Kier molecular flexibility index (Phi) is 8.46. The van der Waals surface area contributed by atoms with Gasteiger partial charge in [-0.3, -0.25) is 9.89 Å². The third-order valence-corrected chi connectivity index (χ3v) is 5.20. The maximum Gasteiger partial charge on any atom is 0.514 e. The molecule has 1 fully saturated rings. The van der Waals surface area contributed by atoms with Crippen molar-refractivity contribution in [2.24, 2.45) is 5.18 Å². The van der Waals surface area contributed by atoms with Crippen molar-refractivity contribution in [2.45, 2.75) is 31.3 Å². The van der Waals surface area contributed by atoms with Crippen LogP contribution in [-0.2, 0) is 14.3 Å². The van der Waals surface area contributed by atoms with Gasteiger partial charge in [-0.05, 0) is 54.8 Å². The number of likely N-dealkylation sites (N-methyl/N-ethyl adjacent to an activating group) is 1. The van der Waals surface area contributed by atoms with E-state index in [1.165, 1.54) is 37.5 Å². The number of H-pyrrole nitrogens is 1. The van der Waals surface area contributed by atoms with E-state index < -0.39 is 12.1 Å². The van der Waals surface area contributed by atoms with Crippen molar-refractivity contribution in [3.8, 4) is 5.75 Å². The zero-order chi connectivity index (χ0) is 24.5. The summed E-state index contributed by atoms with van der Waals surface area (Å²) in [6, 6.07) is 7.54. The van der Waals surface area contributed by atoms with Crippen molar-refractivity contribution in [1.82, 2.24) is 15.5 Å². The molecule has 1 heterocycles. The Morgan fingerprint density at radius 2 is 2.06 bits per heavy atom. The van der Waals surface area contributed by atoms with Gasteiger partial charge in [0.05, 0.1) is 12.3 Å². The molecule has 0 unspecified atom stereocenters. The van der Waals surface area contributed by atoms with E-state index >= 15 is 0 Å². The number of aromatic nitrogens is 2. The number of benzene rings is 1. The van der Waals surface area contributed by atoms with Gasteiger partial charge in [0.2, 0.25) is 0 Å². The van der Waals surface area contributed by atoms with Gasteiger partial charge in [-0.1, -0.05) is 0 Å². The highest BCUT2D eigenvalue weighted by Gasteiger charge is 2.30. The molecule has 4 N–H and O–H groups in total. The summed E-state index contributed by atoms with van der Waals surface area (Å²) in [5.74, 6) is 0.238. The number of ether oxygens (including phenoxy) is 3. The molecule has 1 aromatic heterocycles. The standard InChI is InChI=1S/C22H26N6O6/c1-24-19(10-14(23)12-32-2)21(29)25-20-11-18(26-27-20)13-3-6-17(9-13)34-22(30)33-16-7-4-15(28-31)5-8-16/h4-5,7-8,10-11,13,17,23-24H,3,6,9,12H2,1-2H3,(H2,25,26,27,29)/b19-10-,23-14?/t13-,17+/m0/s1. The summed E-state index contributed by atoms with van der Waals surface area (Å²) in [6.07, 6.45) is 2.25. The molecule has 1 aliphatic carbocycles. The monoisotopic (exact) mass is 470 g/mol. The van der Waals surface area contributed by atoms with Crippen LogP contribution in [0.25, 0.3) is 0 Å². The molecule has 2 atom stereocenters. The molecule has 12 heteroatoms. The highest BCUT2D eigenvalue weighted by atomic mass is 16.7. The van der Waals surface area contributed by atoms with Crippen molar-refractivity contribution in [3.05, 3.63) is 52.7 Å². The van der Waals surface area contributed by atoms with Crippen LogP contribution >= 0.6 is 0 Å². The van der Waals surface area contributed by atoms with Gasteiger partial charge in [0, 0.05) is 31.8 Å². The van der Waals surface area contributed by atoms with Crippen LogP contribution in [0, 0.1) is 10.3 Å². The number of aromatic amines is 1. The Labute approximate surface area is 195 Å². The van der Waals surface area contributed by atoms with Crippen LogP contribution < -0.4 is 15.4 Å². The van der Waals surface area contributed by atoms with Crippen LogP contribution in [0.4, 0.5) is 16.3 Å². The average molecular weight is 470 g/mol. The number of nitrogens with one attached hydrogen (secondary N) is 4. The highest BCUT2D eigenvalue weighted by Crippen LogP contribution is 2.36. The summed E-state index contributed by atoms with van der Waals surface area (Å²) < 4.78 is 15.4. The Hall–Kier alpha value is -4.06. The van der Waals surface area contributed by atoms with E-state index in [-0.39, 0.29) is 41.5 Å². The van der Waals surface area contributed by atoms with Crippen LogP contribution in [0.5, 0.6) is 5.75 Å². The van der Waals surface area contributed by atoms with Crippen molar-refractivity contribution in [3.63, 3.8) is 0 Å². The summed E-state index contributed by atoms with van der Waals surface area (Å²) in [7, 11) is 3.06. The van der Waals surface area contributed by atoms with Crippen molar-refractivity contribution < 1.29 is 23.8 Å². The van der Waals surface area contributed by atoms with Gasteiger partial charge < -0.3 is 30.3 Å². The lowest BCUT2D eigenvalue weighted by Gasteiger charge is -2.12. The largest absolute Gasteiger partial charge is 0.514 e. The van der Waals surface area contributed by atoms with E-state index in [0.29, 0.717) is 18.7 Å². The predicted octanol–water partition coefficient (Wildman–Crippen LogP) is 3.37. The molecule has 3 rings (SSSR count). The predicted molar refractivity (Wildman–Crippen MR) is 123 cm³/mol. The van der Waals surface area contributed by atoms with E-state index in [1.54, 1.807) is 13.1 Å². The molecule has 0 spiro atoms. The van der Waals surface area contributed by atoms with E-state index in [9.17, 15) is 14.5 Å². The molecule has 0 radical (unpaired) electrons. The molecular weight excluding hydrogens is 444 g/mol. The number of hydrogen-bond acceptors (Lipinski definition) is 10. The second kappa shape index (κ2) is 11.7. The minimum Gasteiger partial charge on any atom is -0.431 e. The fourth-order valence-electron chi connectivity index (χ4n) is 3.58. The first kappa shape index (κ1) is 24.6. The zero-order valence-corrected chi connectivity index (χ0v) is 18.8. The van der Waals surface area contributed by atoms with E-state index in [0.717, 1.165) is 12.1 Å². The van der Waals surface area contributed by atoms with Crippen LogP contribution in [-0.4, -0.2) is 54.8 Å². The summed E-state index contributed by atoms with van der Waals surface area (Å²) in [4.78, 5) is 35.0. The fourth-order valence-corrected chi connectivity index (χ4v) is 3.58. The molecule has 0 bridgehead atoms. The molecule has 2 aromatic rings. The zero-order valence-electron chi connectivity index (χ0n) is 18.8. The number of carbonyl (C=O) groups excluding carboxylic acids is 2. The van der Waals surface area contributed by atoms with Gasteiger partial charge >= 0.3 is 6.16 Å². The average Bonchev–Trinajstić information content (AvgIpc) is 3.47. The highest BCUT2D eigenvalue weighted by molar-refractivity contribution is 6.08. The smallest absolute Gasteiger partial charge is 0.431 e. The molecule has 0 saturated heterocycles. The molecule has 1 saturated carbocycles. The first-order valence-electron chi connectivity index (χ1n) is 10.6. The topological polar surface area (TPSA) is 168 Å². The van der Waals surface area contributed by atoms with Gasteiger partial charge in [-0.2, -0.15) is 5.10 Å². The first-order chi connectivity index (χ1) is 16.4. The molecule has 34 heavy (non-hydrogen) atoms. The number of rotatable bonds is 10. The van der Waals surface area contributed by atoms with Crippen molar-refractivity contribution >= 4 is 29.3 Å². The maximum absolute atomic E-state index is 12.4. The third-order valence-electron chi connectivity index (χ3n) is 5.20. The lowest BCUT2D eigenvalue weighted by molar-refractivity contribution is -0.113. The maximum atomic E-state index is 12.4. The van der Waals surface area contributed by atoms with Gasteiger partial charge in [-0.15, -0.1) is 4.91 Å². The number of carbonyl (C=O) groups is 2. The van der Waals surface area contributed by atoms with Crippen LogP contribution in [0.15, 0.2) is 47.3 Å². The molecule has 1 aliphatic rings. The van der Waals surface area contributed by atoms with Gasteiger partial charge in [0.25, 0.3) is 5.91 Å².